The van der Waals surface area contributed by atoms with E-state index in [2.05, 4.69) is 0 Å². The summed E-state index contributed by atoms with van der Waals surface area (Å²) in [6.07, 6.45) is 8.61. The number of amides is 2. The summed E-state index contributed by atoms with van der Waals surface area (Å²) >= 11 is 0. The quantitative estimate of drug-likeness (QED) is 0.525. The number of rotatable bonds is 3. The molecule has 1 heterocycles. The molecule has 0 aromatic heterocycles. The zero-order valence-electron chi connectivity index (χ0n) is 21.5. The van der Waals surface area contributed by atoms with Crippen molar-refractivity contribution in [2.24, 2.45) is 0 Å². The van der Waals surface area contributed by atoms with Crippen LogP contribution in [0.4, 0.5) is 4.39 Å². The predicted octanol–water partition coefficient (Wildman–Crippen LogP) is 6.01. The van der Waals surface area contributed by atoms with Gasteiger partial charge in [0.15, 0.2) is 0 Å². The number of hydrogen-bond donors (Lipinski definition) is 0. The first kappa shape index (κ1) is 26.2. The third-order valence-corrected chi connectivity index (χ3v) is 7.58. The maximum absolute atomic E-state index is 14.4. The molecule has 1 fully saturated rings. The van der Waals surface area contributed by atoms with Crippen LogP contribution in [0.3, 0.4) is 0 Å². The molecule has 194 valence electrons. The molecule has 2 aromatic rings. The summed E-state index contributed by atoms with van der Waals surface area (Å²) < 4.78 is 20.9. The largest absolute Gasteiger partial charge is 0.487 e. The molecule has 0 saturated heterocycles. The van der Waals surface area contributed by atoms with Gasteiger partial charge >= 0.3 is 0 Å². The van der Waals surface area contributed by atoms with Crippen LogP contribution in [0.5, 0.6) is 5.75 Å². The summed E-state index contributed by atoms with van der Waals surface area (Å²) in [4.78, 5) is 30.9. The first-order valence-electron chi connectivity index (χ1n) is 13.7. The highest BCUT2D eigenvalue weighted by Crippen LogP contribution is 2.31. The van der Waals surface area contributed by atoms with Gasteiger partial charge in [-0.1, -0.05) is 56.0 Å². The number of hydrogen-bond acceptors (Lipinski definition) is 3. The minimum Gasteiger partial charge on any atom is -0.487 e. The number of ether oxygens (including phenoxy) is 1. The van der Waals surface area contributed by atoms with E-state index in [9.17, 15) is 14.0 Å². The fourth-order valence-corrected chi connectivity index (χ4v) is 5.55. The second-order valence-electron chi connectivity index (χ2n) is 10.0. The first-order valence-corrected chi connectivity index (χ1v) is 13.7. The van der Waals surface area contributed by atoms with Crippen molar-refractivity contribution in [1.29, 1.82) is 0 Å². The molecule has 4 rings (SSSR count). The highest BCUT2D eigenvalue weighted by molar-refractivity contribution is 5.97. The molecule has 2 atom stereocenters. The molecule has 2 aromatic carbocycles. The molecule has 1 saturated carbocycles. The third kappa shape index (κ3) is 6.45. The van der Waals surface area contributed by atoms with Crippen LogP contribution in [0.25, 0.3) is 0 Å². The van der Waals surface area contributed by atoms with Gasteiger partial charge in [0, 0.05) is 19.6 Å². The average molecular weight is 495 g/mol. The average Bonchev–Trinajstić information content (AvgIpc) is 2.90. The van der Waals surface area contributed by atoms with Crippen molar-refractivity contribution in [3.63, 3.8) is 0 Å². The number of carbonyl (C=O) groups excluding carboxylic acids is 2. The van der Waals surface area contributed by atoms with Crippen molar-refractivity contribution < 1.29 is 18.7 Å². The van der Waals surface area contributed by atoms with Crippen LogP contribution >= 0.6 is 0 Å². The molecule has 0 N–H and O–H groups in total. The summed E-state index contributed by atoms with van der Waals surface area (Å²) in [5.41, 5.74) is 1.02. The normalized spacial score (nSPS) is 22.0. The van der Waals surface area contributed by atoms with Gasteiger partial charge in [-0.15, -0.1) is 0 Å². The molecule has 5 nitrogen and oxygen atoms in total. The van der Waals surface area contributed by atoms with Crippen LogP contribution in [-0.2, 0) is 11.2 Å². The van der Waals surface area contributed by atoms with E-state index in [0.717, 1.165) is 64.3 Å². The van der Waals surface area contributed by atoms with Crippen molar-refractivity contribution in [2.45, 2.75) is 83.3 Å². The van der Waals surface area contributed by atoms with Crippen LogP contribution in [-0.4, -0.2) is 53.4 Å². The molecule has 0 unspecified atom stereocenters. The maximum Gasteiger partial charge on any atom is 0.257 e. The molecular formula is C30H39FN2O3. The Balaban J connectivity index is 1.63. The third-order valence-electron chi connectivity index (χ3n) is 7.58. The van der Waals surface area contributed by atoms with Crippen LogP contribution in [0.2, 0.25) is 0 Å². The predicted molar refractivity (Wildman–Crippen MR) is 140 cm³/mol. The van der Waals surface area contributed by atoms with Crippen molar-refractivity contribution in [3.05, 3.63) is 65.5 Å². The summed E-state index contributed by atoms with van der Waals surface area (Å²) in [5, 5.41) is 0. The zero-order valence-corrected chi connectivity index (χ0v) is 21.5. The lowest BCUT2D eigenvalue weighted by molar-refractivity contribution is -0.136. The van der Waals surface area contributed by atoms with Gasteiger partial charge in [-0.05, 0) is 62.8 Å². The van der Waals surface area contributed by atoms with E-state index in [0.29, 0.717) is 30.0 Å². The van der Waals surface area contributed by atoms with E-state index in [4.69, 9.17) is 4.74 Å². The lowest BCUT2D eigenvalue weighted by atomic mass is 9.90. The number of para-hydroxylation sites is 1. The molecule has 0 spiro atoms. The van der Waals surface area contributed by atoms with Crippen LogP contribution < -0.4 is 4.74 Å². The molecule has 2 amide bonds. The van der Waals surface area contributed by atoms with Crippen LogP contribution in [0.1, 0.15) is 80.6 Å². The van der Waals surface area contributed by atoms with Gasteiger partial charge in [-0.2, -0.15) is 0 Å². The van der Waals surface area contributed by atoms with E-state index in [1.165, 1.54) is 6.07 Å². The Kier molecular flexibility index (Phi) is 9.37. The minimum absolute atomic E-state index is 0.00261. The Morgan fingerprint density at radius 3 is 2.42 bits per heavy atom. The Bertz CT molecular complexity index is 1030. The topological polar surface area (TPSA) is 49.9 Å². The maximum atomic E-state index is 14.4. The highest BCUT2D eigenvalue weighted by atomic mass is 19.1. The van der Waals surface area contributed by atoms with E-state index < -0.39 is 0 Å². The summed E-state index contributed by atoms with van der Waals surface area (Å²) in [7, 11) is 0. The molecular weight excluding hydrogens is 455 g/mol. The summed E-state index contributed by atoms with van der Waals surface area (Å²) in [5.74, 6) is 0.206. The van der Waals surface area contributed by atoms with Gasteiger partial charge in [0.1, 0.15) is 17.7 Å². The summed E-state index contributed by atoms with van der Waals surface area (Å²) in [6, 6.07) is 13.9. The molecule has 2 aliphatic rings. The standard InChI is InChI=1S/C30H39FN2O3/c1-2-32-20-12-4-3-5-13-21-33(29(34)22-23-14-6-8-16-25(23)31)26-17-9-11-19-28(26)36-27-18-10-7-15-24(27)30(32)35/h6-8,10,14-16,18,26,28H,2-5,9,11-13,17,19-22H2,1H3/t26-,28+/m1/s1. The van der Waals surface area contributed by atoms with Gasteiger partial charge in [0.2, 0.25) is 5.91 Å². The number of nitrogens with zero attached hydrogens (tertiary/aromatic N) is 2. The van der Waals surface area contributed by atoms with Gasteiger partial charge in [0.25, 0.3) is 5.91 Å². The van der Waals surface area contributed by atoms with E-state index in [1.807, 2.05) is 41.0 Å². The van der Waals surface area contributed by atoms with Crippen molar-refractivity contribution in [1.82, 2.24) is 9.80 Å². The van der Waals surface area contributed by atoms with E-state index in [-0.39, 0.29) is 36.2 Å². The first-order chi connectivity index (χ1) is 17.6. The monoisotopic (exact) mass is 494 g/mol. The smallest absolute Gasteiger partial charge is 0.257 e. The Morgan fingerprint density at radius 1 is 0.917 bits per heavy atom. The molecule has 1 aliphatic heterocycles. The lowest BCUT2D eigenvalue weighted by Gasteiger charge is -2.40. The van der Waals surface area contributed by atoms with Gasteiger partial charge in [-0.25, -0.2) is 4.39 Å². The molecule has 6 heteroatoms. The molecule has 0 bridgehead atoms. The molecule has 36 heavy (non-hydrogen) atoms. The highest BCUT2D eigenvalue weighted by Gasteiger charge is 2.35. The Morgan fingerprint density at radius 2 is 1.61 bits per heavy atom. The number of benzene rings is 2. The Hall–Kier alpha value is -2.89. The lowest BCUT2D eigenvalue weighted by Crippen LogP contribution is -2.51. The van der Waals surface area contributed by atoms with Crippen LogP contribution in [0.15, 0.2) is 48.5 Å². The van der Waals surface area contributed by atoms with Gasteiger partial charge in [0.05, 0.1) is 18.0 Å². The zero-order chi connectivity index (χ0) is 25.3. The van der Waals surface area contributed by atoms with Gasteiger partial charge < -0.3 is 14.5 Å². The van der Waals surface area contributed by atoms with E-state index >= 15 is 0 Å². The second-order valence-corrected chi connectivity index (χ2v) is 10.0. The minimum atomic E-state index is -0.339. The number of halogens is 1. The molecule has 1 aliphatic carbocycles. The van der Waals surface area contributed by atoms with Crippen LogP contribution in [0, 0.1) is 5.82 Å². The van der Waals surface area contributed by atoms with Crippen molar-refractivity contribution in [2.75, 3.05) is 19.6 Å². The summed E-state index contributed by atoms with van der Waals surface area (Å²) in [6.45, 7) is 4.08. The number of fused-ring (bicyclic) bond motifs is 2. The molecule has 0 radical (unpaired) electrons. The SMILES string of the molecule is CCN1CCCCCCCN(C(=O)Cc2ccccc2F)[C@@H]2CCCC[C@@H]2Oc2ccccc2C1=O. The van der Waals surface area contributed by atoms with E-state index in [1.54, 1.807) is 18.2 Å². The van der Waals surface area contributed by atoms with Gasteiger partial charge in [-0.3, -0.25) is 9.59 Å². The fourth-order valence-electron chi connectivity index (χ4n) is 5.55. The van der Waals surface area contributed by atoms with Crippen molar-refractivity contribution in [3.8, 4) is 5.75 Å². The Labute approximate surface area is 214 Å². The number of carbonyl (C=O) groups is 2. The van der Waals surface area contributed by atoms with Crippen molar-refractivity contribution >= 4 is 11.8 Å². The second kappa shape index (κ2) is 12.9. The fraction of sp³-hybridized carbons (Fsp3) is 0.533.